The Balaban J connectivity index is 2.95. The van der Waals surface area contributed by atoms with Gasteiger partial charge in [-0.15, -0.1) is 0 Å². The van der Waals surface area contributed by atoms with Gasteiger partial charge in [-0.1, -0.05) is 32.1 Å². The first kappa shape index (κ1) is 23.2. The van der Waals surface area contributed by atoms with Crippen LogP contribution in [0.4, 0.5) is 0 Å². The molecule has 2 N–H and O–H groups in total. The Bertz CT molecular complexity index is 695. The second kappa shape index (κ2) is 11.8. The van der Waals surface area contributed by atoms with E-state index in [1.54, 1.807) is 25.3 Å². The SMILES string of the molecule is CNC(=O)[C@H](Cc1ccc(OC)cc1)NC(=O)/C(=C/CC(=O)OC)CC(C)C. The summed E-state index contributed by atoms with van der Waals surface area (Å²) in [5.74, 6) is -0.139. The molecule has 1 aromatic rings. The highest BCUT2D eigenvalue weighted by Gasteiger charge is 2.22. The highest BCUT2D eigenvalue weighted by Crippen LogP contribution is 2.15. The van der Waals surface area contributed by atoms with E-state index in [9.17, 15) is 14.4 Å². The summed E-state index contributed by atoms with van der Waals surface area (Å²) < 4.78 is 9.77. The molecule has 0 radical (unpaired) electrons. The van der Waals surface area contributed by atoms with E-state index in [1.165, 1.54) is 14.2 Å². The van der Waals surface area contributed by atoms with E-state index in [2.05, 4.69) is 15.4 Å². The molecule has 7 heteroatoms. The first-order valence-electron chi connectivity index (χ1n) is 9.21. The first-order valence-corrected chi connectivity index (χ1v) is 9.21. The molecular formula is C21H30N2O5. The van der Waals surface area contributed by atoms with Gasteiger partial charge in [0.25, 0.3) is 0 Å². The van der Waals surface area contributed by atoms with Gasteiger partial charge < -0.3 is 20.1 Å². The number of hydrogen-bond donors (Lipinski definition) is 2. The molecule has 2 amide bonds. The molecule has 7 nitrogen and oxygen atoms in total. The summed E-state index contributed by atoms with van der Waals surface area (Å²) in [5, 5.41) is 5.37. The van der Waals surface area contributed by atoms with Crippen molar-refractivity contribution in [1.29, 1.82) is 0 Å². The Morgan fingerprint density at radius 1 is 1.11 bits per heavy atom. The predicted molar refractivity (Wildman–Crippen MR) is 107 cm³/mol. The summed E-state index contributed by atoms with van der Waals surface area (Å²) in [6, 6.07) is 6.57. The van der Waals surface area contributed by atoms with Crippen LogP contribution in [0.15, 0.2) is 35.9 Å². The van der Waals surface area contributed by atoms with Gasteiger partial charge in [0, 0.05) is 19.0 Å². The number of nitrogens with one attached hydrogen (secondary N) is 2. The number of methoxy groups -OCH3 is 2. The zero-order valence-corrected chi connectivity index (χ0v) is 17.2. The predicted octanol–water partition coefficient (Wildman–Crippen LogP) is 2.00. The fourth-order valence-electron chi connectivity index (χ4n) is 2.63. The third-order valence-electron chi connectivity index (χ3n) is 4.13. The van der Waals surface area contributed by atoms with Gasteiger partial charge in [0.2, 0.25) is 11.8 Å². The average Bonchev–Trinajstić information content (AvgIpc) is 2.69. The van der Waals surface area contributed by atoms with E-state index in [-0.39, 0.29) is 24.2 Å². The lowest BCUT2D eigenvalue weighted by Gasteiger charge is -2.19. The van der Waals surface area contributed by atoms with E-state index in [1.807, 2.05) is 26.0 Å². The van der Waals surface area contributed by atoms with Crippen molar-refractivity contribution in [2.45, 2.75) is 39.2 Å². The van der Waals surface area contributed by atoms with E-state index in [4.69, 9.17) is 4.74 Å². The molecule has 1 aromatic carbocycles. The maximum atomic E-state index is 12.8. The molecule has 0 saturated carbocycles. The molecule has 0 aliphatic carbocycles. The van der Waals surface area contributed by atoms with Crippen LogP contribution in [0.5, 0.6) is 5.75 Å². The lowest BCUT2D eigenvalue weighted by molar-refractivity contribution is -0.139. The molecule has 0 heterocycles. The van der Waals surface area contributed by atoms with Crippen LogP contribution in [0, 0.1) is 5.92 Å². The lowest BCUT2D eigenvalue weighted by Crippen LogP contribution is -2.47. The number of hydrogen-bond acceptors (Lipinski definition) is 5. The van der Waals surface area contributed by atoms with Gasteiger partial charge in [0.15, 0.2) is 0 Å². The van der Waals surface area contributed by atoms with Gasteiger partial charge >= 0.3 is 5.97 Å². The summed E-state index contributed by atoms with van der Waals surface area (Å²) in [6.45, 7) is 3.96. The minimum absolute atomic E-state index is 0.00902. The number of likely N-dealkylation sites (N-methyl/N-ethyl adjacent to an activating group) is 1. The van der Waals surface area contributed by atoms with Crippen LogP contribution >= 0.6 is 0 Å². The number of amides is 2. The molecule has 1 atom stereocenters. The highest BCUT2D eigenvalue weighted by molar-refractivity contribution is 5.97. The van der Waals surface area contributed by atoms with Crippen LogP contribution in [-0.4, -0.2) is 45.1 Å². The highest BCUT2D eigenvalue weighted by atomic mass is 16.5. The second-order valence-corrected chi connectivity index (χ2v) is 6.80. The van der Waals surface area contributed by atoms with Crippen molar-refractivity contribution in [3.63, 3.8) is 0 Å². The number of benzene rings is 1. The Kier molecular flexibility index (Phi) is 9.78. The maximum Gasteiger partial charge on any atom is 0.309 e. The van der Waals surface area contributed by atoms with Crippen LogP contribution in [0.3, 0.4) is 0 Å². The minimum atomic E-state index is -0.736. The zero-order chi connectivity index (χ0) is 21.1. The van der Waals surface area contributed by atoms with E-state index < -0.39 is 12.0 Å². The van der Waals surface area contributed by atoms with Gasteiger partial charge in [0.05, 0.1) is 20.6 Å². The van der Waals surface area contributed by atoms with E-state index in [0.717, 1.165) is 5.56 Å². The molecule has 154 valence electrons. The smallest absolute Gasteiger partial charge is 0.309 e. The molecule has 1 rings (SSSR count). The molecule has 0 saturated heterocycles. The van der Waals surface area contributed by atoms with Crippen LogP contribution in [0.1, 0.15) is 32.3 Å². The van der Waals surface area contributed by atoms with Gasteiger partial charge in [-0.2, -0.15) is 0 Å². The molecule has 0 aromatic heterocycles. The van der Waals surface area contributed by atoms with Crippen molar-refractivity contribution < 1.29 is 23.9 Å². The third-order valence-corrected chi connectivity index (χ3v) is 4.13. The van der Waals surface area contributed by atoms with E-state index in [0.29, 0.717) is 24.2 Å². The number of rotatable bonds is 10. The van der Waals surface area contributed by atoms with Crippen LogP contribution in [0.2, 0.25) is 0 Å². The number of esters is 1. The normalized spacial score (nSPS) is 12.3. The van der Waals surface area contributed by atoms with Gasteiger partial charge in [-0.05, 0) is 30.0 Å². The number of carbonyl (C=O) groups is 3. The maximum absolute atomic E-state index is 12.8. The topological polar surface area (TPSA) is 93.7 Å². The molecule has 28 heavy (non-hydrogen) atoms. The lowest BCUT2D eigenvalue weighted by atomic mass is 9.99. The third kappa shape index (κ3) is 7.82. The average molecular weight is 390 g/mol. The number of ether oxygens (including phenoxy) is 2. The molecular weight excluding hydrogens is 360 g/mol. The van der Waals surface area contributed by atoms with Gasteiger partial charge in [-0.3, -0.25) is 14.4 Å². The van der Waals surface area contributed by atoms with Gasteiger partial charge in [0.1, 0.15) is 11.8 Å². The summed E-state index contributed by atoms with van der Waals surface area (Å²) >= 11 is 0. The van der Waals surface area contributed by atoms with Crippen molar-refractivity contribution in [1.82, 2.24) is 10.6 Å². The summed E-state index contributed by atoms with van der Waals surface area (Å²) in [7, 11) is 4.41. The number of carbonyl (C=O) groups excluding carboxylic acids is 3. The van der Waals surface area contributed by atoms with Crippen molar-refractivity contribution >= 4 is 17.8 Å². The second-order valence-electron chi connectivity index (χ2n) is 6.80. The Hall–Kier alpha value is -2.83. The molecule has 0 aliphatic heterocycles. The summed E-state index contributed by atoms with van der Waals surface area (Å²) in [6.07, 6.45) is 2.40. The van der Waals surface area contributed by atoms with Crippen LogP contribution in [0.25, 0.3) is 0 Å². The van der Waals surface area contributed by atoms with Crippen molar-refractivity contribution in [3.8, 4) is 5.75 Å². The molecule has 0 aliphatic rings. The largest absolute Gasteiger partial charge is 0.497 e. The Morgan fingerprint density at radius 3 is 2.25 bits per heavy atom. The molecule has 0 unspecified atom stereocenters. The van der Waals surface area contributed by atoms with E-state index >= 15 is 0 Å². The molecule has 0 spiro atoms. The molecule has 0 fully saturated rings. The fourth-order valence-corrected chi connectivity index (χ4v) is 2.63. The minimum Gasteiger partial charge on any atom is -0.497 e. The van der Waals surface area contributed by atoms with Crippen molar-refractivity contribution in [2.75, 3.05) is 21.3 Å². The van der Waals surface area contributed by atoms with Crippen molar-refractivity contribution in [3.05, 3.63) is 41.5 Å². The van der Waals surface area contributed by atoms with Gasteiger partial charge in [-0.25, -0.2) is 0 Å². The monoisotopic (exact) mass is 390 g/mol. The Morgan fingerprint density at radius 2 is 1.75 bits per heavy atom. The van der Waals surface area contributed by atoms with Crippen LogP contribution < -0.4 is 15.4 Å². The van der Waals surface area contributed by atoms with Crippen LogP contribution in [-0.2, 0) is 25.5 Å². The van der Waals surface area contributed by atoms with Crippen molar-refractivity contribution in [2.24, 2.45) is 5.92 Å². The zero-order valence-electron chi connectivity index (χ0n) is 17.2. The fraction of sp³-hybridized carbons (Fsp3) is 0.476. The standard InChI is InChI=1S/C21H30N2O5/c1-14(2)12-16(8-11-19(24)28-5)20(25)23-18(21(26)22-3)13-15-6-9-17(27-4)10-7-15/h6-10,14,18H,11-13H2,1-5H3,(H,22,26)(H,23,25)/b16-8+/t18-/m0/s1. The Labute approximate surface area is 166 Å². The molecule has 0 bridgehead atoms. The quantitative estimate of drug-likeness (QED) is 0.471. The summed E-state index contributed by atoms with van der Waals surface area (Å²) in [5.41, 5.74) is 1.35. The first-order chi connectivity index (χ1) is 13.3. The summed E-state index contributed by atoms with van der Waals surface area (Å²) in [4.78, 5) is 36.5.